The minimum Gasteiger partial charge on any atom is -0.357 e. The van der Waals surface area contributed by atoms with Crippen molar-refractivity contribution in [2.75, 3.05) is 12.4 Å². The first-order valence-electron chi connectivity index (χ1n) is 6.61. The van der Waals surface area contributed by atoms with Crippen molar-refractivity contribution in [3.63, 3.8) is 0 Å². The highest BCUT2D eigenvalue weighted by atomic mass is 35.5. The molecule has 1 aliphatic rings. The fourth-order valence-electron chi connectivity index (χ4n) is 3.07. The highest BCUT2D eigenvalue weighted by Gasteiger charge is 2.31. The van der Waals surface area contributed by atoms with Crippen molar-refractivity contribution in [3.05, 3.63) is 46.1 Å². The Kier molecular flexibility index (Phi) is 3.23. The average molecular weight is 277 g/mol. The van der Waals surface area contributed by atoms with Gasteiger partial charge in [0.05, 0.1) is 5.69 Å². The van der Waals surface area contributed by atoms with Crippen molar-refractivity contribution in [3.8, 4) is 0 Å². The monoisotopic (exact) mass is 276 g/mol. The maximum Gasteiger partial charge on any atom is 0.228 e. The number of anilines is 1. The summed E-state index contributed by atoms with van der Waals surface area (Å²) in [5.74, 6) is 1.66. The summed E-state index contributed by atoms with van der Waals surface area (Å²) < 4.78 is 5.36. The molecular weight excluding hydrogens is 260 g/mol. The molecule has 100 valence electrons. The molecule has 4 heteroatoms. The number of benzene rings is 1. The Balaban J connectivity index is 1.96. The molecule has 0 radical (unpaired) electrons. The van der Waals surface area contributed by atoms with Crippen LogP contribution in [-0.2, 0) is 6.42 Å². The molecule has 0 saturated heterocycles. The lowest BCUT2D eigenvalue weighted by Crippen LogP contribution is -2.16. The molecule has 0 aliphatic heterocycles. The van der Waals surface area contributed by atoms with E-state index in [-0.39, 0.29) is 0 Å². The Labute approximate surface area is 117 Å². The molecule has 1 aromatic heterocycles. The zero-order valence-electron chi connectivity index (χ0n) is 11.1. The Bertz CT molecular complexity index is 594. The standard InChI is InChI=1S/C15H17ClN2O/c1-9-7-10(11-5-3-4-6-12(11)16)8-13-14(9)15(17-2)19-18-13/h3-6,9-10,17H,7-8H2,1-2H3. The Morgan fingerprint density at radius 3 is 2.89 bits per heavy atom. The predicted molar refractivity (Wildman–Crippen MR) is 77.0 cm³/mol. The Hall–Kier alpha value is -1.48. The normalized spacial score (nSPS) is 22.1. The molecule has 0 spiro atoms. The van der Waals surface area contributed by atoms with E-state index in [2.05, 4.69) is 23.5 Å². The summed E-state index contributed by atoms with van der Waals surface area (Å²) in [4.78, 5) is 0. The molecule has 1 heterocycles. The number of hydrogen-bond donors (Lipinski definition) is 1. The van der Waals surface area contributed by atoms with Gasteiger partial charge in [0.25, 0.3) is 0 Å². The van der Waals surface area contributed by atoms with Gasteiger partial charge in [0, 0.05) is 24.1 Å². The first kappa shape index (κ1) is 12.5. The number of nitrogens with zero attached hydrogens (tertiary/aromatic N) is 1. The van der Waals surface area contributed by atoms with Crippen molar-refractivity contribution >= 4 is 17.5 Å². The molecule has 0 saturated carbocycles. The second-order valence-electron chi connectivity index (χ2n) is 5.18. The van der Waals surface area contributed by atoms with Gasteiger partial charge >= 0.3 is 0 Å². The number of aromatic nitrogens is 1. The topological polar surface area (TPSA) is 38.1 Å². The third-order valence-electron chi connectivity index (χ3n) is 3.95. The summed E-state index contributed by atoms with van der Waals surface area (Å²) in [6.45, 7) is 2.22. The molecule has 0 fully saturated rings. The third-order valence-corrected chi connectivity index (χ3v) is 4.29. The lowest BCUT2D eigenvalue weighted by Gasteiger charge is -2.27. The van der Waals surface area contributed by atoms with Gasteiger partial charge in [-0.25, -0.2) is 0 Å². The maximum absolute atomic E-state index is 6.31. The summed E-state index contributed by atoms with van der Waals surface area (Å²) in [6, 6.07) is 8.09. The van der Waals surface area contributed by atoms with Crippen LogP contribution in [0.25, 0.3) is 0 Å². The molecule has 3 rings (SSSR count). The van der Waals surface area contributed by atoms with E-state index in [0.29, 0.717) is 11.8 Å². The quantitative estimate of drug-likeness (QED) is 0.893. The van der Waals surface area contributed by atoms with Gasteiger partial charge in [-0.2, -0.15) is 0 Å². The summed E-state index contributed by atoms with van der Waals surface area (Å²) in [6.07, 6.45) is 1.97. The van der Waals surface area contributed by atoms with Crippen molar-refractivity contribution < 1.29 is 4.52 Å². The Morgan fingerprint density at radius 1 is 1.37 bits per heavy atom. The minimum absolute atomic E-state index is 0.422. The summed E-state index contributed by atoms with van der Waals surface area (Å²) in [5.41, 5.74) is 3.51. The fourth-order valence-corrected chi connectivity index (χ4v) is 3.36. The van der Waals surface area contributed by atoms with Crippen LogP contribution in [0.3, 0.4) is 0 Å². The van der Waals surface area contributed by atoms with E-state index in [0.717, 1.165) is 29.4 Å². The second-order valence-corrected chi connectivity index (χ2v) is 5.59. The first-order chi connectivity index (χ1) is 9.20. The summed E-state index contributed by atoms with van der Waals surface area (Å²) >= 11 is 6.31. The van der Waals surface area contributed by atoms with E-state index in [1.54, 1.807) is 0 Å². The molecule has 1 aliphatic carbocycles. The van der Waals surface area contributed by atoms with Gasteiger partial charge in [0.15, 0.2) is 0 Å². The van der Waals surface area contributed by atoms with Gasteiger partial charge in [-0.15, -0.1) is 0 Å². The number of hydrogen-bond acceptors (Lipinski definition) is 3. The first-order valence-corrected chi connectivity index (χ1v) is 6.99. The highest BCUT2D eigenvalue weighted by Crippen LogP contribution is 2.43. The van der Waals surface area contributed by atoms with Crippen LogP contribution in [0.4, 0.5) is 5.88 Å². The van der Waals surface area contributed by atoms with Crippen molar-refractivity contribution in [2.45, 2.75) is 31.6 Å². The molecule has 0 amide bonds. The molecule has 1 aromatic carbocycles. The Morgan fingerprint density at radius 2 is 2.16 bits per heavy atom. The minimum atomic E-state index is 0.422. The van der Waals surface area contributed by atoms with Crippen LogP contribution in [0.1, 0.15) is 42.0 Å². The molecule has 2 unspecified atom stereocenters. The summed E-state index contributed by atoms with van der Waals surface area (Å²) in [5, 5.41) is 8.13. The smallest absolute Gasteiger partial charge is 0.228 e. The van der Waals surface area contributed by atoms with Gasteiger partial charge in [0.1, 0.15) is 0 Å². The molecule has 2 aromatic rings. The lowest BCUT2D eigenvalue weighted by molar-refractivity contribution is 0.421. The van der Waals surface area contributed by atoms with Gasteiger partial charge < -0.3 is 9.84 Å². The second kappa shape index (κ2) is 4.89. The van der Waals surface area contributed by atoms with E-state index < -0.39 is 0 Å². The van der Waals surface area contributed by atoms with E-state index in [9.17, 15) is 0 Å². The van der Waals surface area contributed by atoms with Crippen molar-refractivity contribution in [1.82, 2.24) is 5.16 Å². The lowest BCUT2D eigenvalue weighted by atomic mass is 9.77. The van der Waals surface area contributed by atoms with Crippen LogP contribution < -0.4 is 5.32 Å². The largest absolute Gasteiger partial charge is 0.357 e. The zero-order valence-corrected chi connectivity index (χ0v) is 11.9. The van der Waals surface area contributed by atoms with Crippen LogP contribution in [0.5, 0.6) is 0 Å². The molecule has 3 nitrogen and oxygen atoms in total. The van der Waals surface area contributed by atoms with Gasteiger partial charge in [-0.1, -0.05) is 41.9 Å². The SMILES string of the molecule is CNc1onc2c1C(C)CC(c1ccccc1Cl)C2. The van der Waals surface area contributed by atoms with E-state index in [4.69, 9.17) is 16.1 Å². The van der Waals surface area contributed by atoms with Crippen LogP contribution in [0.15, 0.2) is 28.8 Å². The van der Waals surface area contributed by atoms with E-state index in [1.807, 2.05) is 25.2 Å². The molecule has 0 bridgehead atoms. The fraction of sp³-hybridized carbons (Fsp3) is 0.400. The summed E-state index contributed by atoms with van der Waals surface area (Å²) in [7, 11) is 1.87. The molecule has 1 N–H and O–H groups in total. The number of fused-ring (bicyclic) bond motifs is 1. The third kappa shape index (κ3) is 2.12. The van der Waals surface area contributed by atoms with Gasteiger partial charge in [0.2, 0.25) is 5.88 Å². The van der Waals surface area contributed by atoms with Crippen molar-refractivity contribution in [2.24, 2.45) is 0 Å². The van der Waals surface area contributed by atoms with Crippen LogP contribution in [0, 0.1) is 0 Å². The predicted octanol–water partition coefficient (Wildman–Crippen LogP) is 4.20. The molecular formula is C15H17ClN2O. The van der Waals surface area contributed by atoms with Crippen LogP contribution in [-0.4, -0.2) is 12.2 Å². The number of rotatable bonds is 2. The highest BCUT2D eigenvalue weighted by molar-refractivity contribution is 6.31. The molecule has 19 heavy (non-hydrogen) atoms. The van der Waals surface area contributed by atoms with Crippen molar-refractivity contribution in [1.29, 1.82) is 0 Å². The van der Waals surface area contributed by atoms with Crippen LogP contribution >= 0.6 is 11.6 Å². The zero-order chi connectivity index (χ0) is 13.4. The van der Waals surface area contributed by atoms with E-state index >= 15 is 0 Å². The molecule has 2 atom stereocenters. The van der Waals surface area contributed by atoms with Gasteiger partial charge in [-0.05, 0) is 29.9 Å². The number of halogens is 1. The van der Waals surface area contributed by atoms with E-state index in [1.165, 1.54) is 11.1 Å². The van der Waals surface area contributed by atoms with Crippen LogP contribution in [0.2, 0.25) is 5.02 Å². The maximum atomic E-state index is 6.31. The van der Waals surface area contributed by atoms with Gasteiger partial charge in [-0.3, -0.25) is 0 Å². The number of nitrogens with one attached hydrogen (secondary N) is 1. The average Bonchev–Trinajstić information content (AvgIpc) is 2.82.